The summed E-state index contributed by atoms with van der Waals surface area (Å²) in [6.45, 7) is 5.17. The van der Waals surface area contributed by atoms with Gasteiger partial charge in [0.25, 0.3) is 0 Å². The highest BCUT2D eigenvalue weighted by atomic mass is 16.5. The summed E-state index contributed by atoms with van der Waals surface area (Å²) in [7, 11) is 0. The third kappa shape index (κ3) is 7.86. The number of hydrogen-bond acceptors (Lipinski definition) is 2. The van der Waals surface area contributed by atoms with E-state index in [0.717, 1.165) is 43.7 Å². The molecule has 2 aromatic carbocycles. The smallest absolute Gasteiger partial charge is 0.119 e. The Bertz CT molecular complexity index is 866. The van der Waals surface area contributed by atoms with Crippen molar-refractivity contribution < 1.29 is 4.74 Å². The molecule has 164 valence electrons. The van der Waals surface area contributed by atoms with E-state index < -0.39 is 0 Å². The van der Waals surface area contributed by atoms with E-state index >= 15 is 0 Å². The van der Waals surface area contributed by atoms with Gasteiger partial charge in [-0.15, -0.1) is 0 Å². The number of nitrogens with zero attached hydrogens (tertiary/aromatic N) is 1. The molecule has 0 radical (unpaired) electrons. The fourth-order valence-electron chi connectivity index (χ4n) is 3.78. The van der Waals surface area contributed by atoms with Crippen molar-refractivity contribution in [2.24, 2.45) is 0 Å². The van der Waals surface area contributed by atoms with Crippen molar-refractivity contribution in [3.8, 4) is 17.0 Å². The van der Waals surface area contributed by atoms with E-state index in [1.54, 1.807) is 0 Å². The first-order valence-corrected chi connectivity index (χ1v) is 12.0. The van der Waals surface area contributed by atoms with Gasteiger partial charge >= 0.3 is 0 Å². The molecular formula is C29H37NO. The van der Waals surface area contributed by atoms with Gasteiger partial charge in [0.1, 0.15) is 5.75 Å². The van der Waals surface area contributed by atoms with Gasteiger partial charge in [-0.3, -0.25) is 4.98 Å². The first-order chi connectivity index (χ1) is 15.3. The van der Waals surface area contributed by atoms with E-state index in [9.17, 15) is 0 Å². The van der Waals surface area contributed by atoms with Crippen LogP contribution in [0.4, 0.5) is 0 Å². The normalized spacial score (nSPS) is 10.9. The van der Waals surface area contributed by atoms with Crippen molar-refractivity contribution in [3.05, 3.63) is 83.6 Å². The summed E-state index contributed by atoms with van der Waals surface area (Å²) in [5.41, 5.74) is 6.31. The highest BCUT2D eigenvalue weighted by Crippen LogP contribution is 2.20. The first kappa shape index (κ1) is 23.1. The molecule has 0 saturated heterocycles. The van der Waals surface area contributed by atoms with E-state index in [0.29, 0.717) is 0 Å². The topological polar surface area (TPSA) is 22.1 Å². The van der Waals surface area contributed by atoms with Crippen LogP contribution in [0.3, 0.4) is 0 Å². The second-order valence-electron chi connectivity index (χ2n) is 8.41. The lowest BCUT2D eigenvalue weighted by molar-refractivity contribution is 0.317. The zero-order valence-corrected chi connectivity index (χ0v) is 19.3. The Morgan fingerprint density at radius 1 is 0.613 bits per heavy atom. The monoisotopic (exact) mass is 415 g/mol. The fourth-order valence-corrected chi connectivity index (χ4v) is 3.78. The van der Waals surface area contributed by atoms with Gasteiger partial charge in [-0.2, -0.15) is 0 Å². The maximum atomic E-state index is 5.66. The zero-order chi connectivity index (χ0) is 21.7. The van der Waals surface area contributed by atoms with Crippen molar-refractivity contribution in [1.29, 1.82) is 0 Å². The summed E-state index contributed by atoms with van der Waals surface area (Å²) in [5.74, 6) is 0.963. The Kier molecular flexibility index (Phi) is 9.63. The Labute approximate surface area is 188 Å². The predicted molar refractivity (Wildman–Crippen MR) is 132 cm³/mol. The molecule has 1 aromatic heterocycles. The summed E-state index contributed by atoms with van der Waals surface area (Å²) >= 11 is 0. The van der Waals surface area contributed by atoms with E-state index in [1.165, 1.54) is 54.4 Å². The molecule has 0 aliphatic carbocycles. The van der Waals surface area contributed by atoms with Crippen molar-refractivity contribution in [2.45, 2.75) is 71.6 Å². The van der Waals surface area contributed by atoms with Gasteiger partial charge in [0.2, 0.25) is 0 Å². The number of aromatic nitrogens is 1. The SMILES string of the molecule is CCCCCCCc1ccc(-c2ccc(CCc3ccc(OCCC)cc3)cc2)nc1. The third-order valence-corrected chi connectivity index (χ3v) is 5.74. The molecule has 0 N–H and O–H groups in total. The second kappa shape index (κ2) is 12.9. The van der Waals surface area contributed by atoms with Gasteiger partial charge in [-0.25, -0.2) is 0 Å². The molecule has 0 aliphatic heterocycles. The highest BCUT2D eigenvalue weighted by molar-refractivity contribution is 5.59. The summed E-state index contributed by atoms with van der Waals surface area (Å²) in [6.07, 6.45) is 12.9. The molecule has 0 aliphatic rings. The molecule has 0 spiro atoms. The average molecular weight is 416 g/mol. The Morgan fingerprint density at radius 3 is 1.87 bits per heavy atom. The van der Waals surface area contributed by atoms with E-state index in [4.69, 9.17) is 9.72 Å². The molecule has 0 amide bonds. The summed E-state index contributed by atoms with van der Waals surface area (Å²) in [6, 6.07) is 21.8. The second-order valence-corrected chi connectivity index (χ2v) is 8.41. The van der Waals surface area contributed by atoms with Crippen molar-refractivity contribution in [1.82, 2.24) is 4.98 Å². The van der Waals surface area contributed by atoms with E-state index in [1.807, 2.05) is 0 Å². The minimum absolute atomic E-state index is 0.780. The lowest BCUT2D eigenvalue weighted by atomic mass is 10.0. The number of pyridine rings is 1. The van der Waals surface area contributed by atoms with Gasteiger partial charge in [0.05, 0.1) is 12.3 Å². The molecule has 1 heterocycles. The largest absolute Gasteiger partial charge is 0.494 e. The molecule has 0 fully saturated rings. The standard InChI is InChI=1S/C29H37NO/c1-3-5-6-7-8-9-26-16-21-29(30-23-26)27-17-12-24(13-18-27)10-11-25-14-19-28(20-15-25)31-22-4-2/h12-21,23H,3-11,22H2,1-2H3. The summed E-state index contributed by atoms with van der Waals surface area (Å²) < 4.78 is 5.66. The minimum Gasteiger partial charge on any atom is -0.494 e. The number of benzene rings is 2. The summed E-state index contributed by atoms with van der Waals surface area (Å²) in [4.78, 5) is 4.70. The van der Waals surface area contributed by atoms with Crippen LogP contribution in [0.2, 0.25) is 0 Å². The first-order valence-electron chi connectivity index (χ1n) is 12.0. The van der Waals surface area contributed by atoms with Crippen LogP contribution >= 0.6 is 0 Å². The quantitative estimate of drug-likeness (QED) is 0.265. The molecular weight excluding hydrogens is 378 g/mol. The third-order valence-electron chi connectivity index (χ3n) is 5.74. The maximum absolute atomic E-state index is 5.66. The average Bonchev–Trinajstić information content (AvgIpc) is 2.83. The Morgan fingerprint density at radius 2 is 1.26 bits per heavy atom. The van der Waals surface area contributed by atoms with Crippen LogP contribution in [-0.2, 0) is 19.3 Å². The Balaban J connectivity index is 1.47. The minimum atomic E-state index is 0.780. The van der Waals surface area contributed by atoms with Gasteiger partial charge in [0.15, 0.2) is 0 Å². The molecule has 0 unspecified atom stereocenters. The van der Waals surface area contributed by atoms with Crippen molar-refractivity contribution >= 4 is 0 Å². The molecule has 2 heteroatoms. The number of aryl methyl sites for hydroxylation is 3. The number of rotatable bonds is 13. The van der Waals surface area contributed by atoms with Crippen LogP contribution in [0, 0.1) is 0 Å². The number of unbranched alkanes of at least 4 members (excludes halogenated alkanes) is 4. The van der Waals surface area contributed by atoms with Gasteiger partial charge < -0.3 is 4.74 Å². The van der Waals surface area contributed by atoms with Gasteiger partial charge in [0, 0.05) is 11.8 Å². The van der Waals surface area contributed by atoms with E-state index in [2.05, 4.69) is 80.7 Å². The molecule has 0 atom stereocenters. The molecule has 31 heavy (non-hydrogen) atoms. The van der Waals surface area contributed by atoms with Crippen molar-refractivity contribution in [2.75, 3.05) is 6.61 Å². The molecule has 3 rings (SSSR count). The molecule has 3 aromatic rings. The molecule has 0 saturated carbocycles. The molecule has 0 bridgehead atoms. The zero-order valence-electron chi connectivity index (χ0n) is 19.3. The lowest BCUT2D eigenvalue weighted by Crippen LogP contribution is -1.96. The van der Waals surface area contributed by atoms with Crippen LogP contribution in [0.15, 0.2) is 66.9 Å². The van der Waals surface area contributed by atoms with Crippen LogP contribution < -0.4 is 4.74 Å². The van der Waals surface area contributed by atoms with Crippen molar-refractivity contribution in [3.63, 3.8) is 0 Å². The summed E-state index contributed by atoms with van der Waals surface area (Å²) in [5, 5.41) is 0. The van der Waals surface area contributed by atoms with Gasteiger partial charge in [-0.1, -0.05) is 82.0 Å². The lowest BCUT2D eigenvalue weighted by Gasteiger charge is -2.07. The van der Waals surface area contributed by atoms with E-state index in [-0.39, 0.29) is 0 Å². The fraction of sp³-hybridized carbons (Fsp3) is 0.414. The predicted octanol–water partition coefficient (Wildman–Crippen LogP) is 7.84. The number of ether oxygens (including phenoxy) is 1. The maximum Gasteiger partial charge on any atom is 0.119 e. The number of hydrogen-bond donors (Lipinski definition) is 0. The van der Waals surface area contributed by atoms with Crippen LogP contribution in [0.5, 0.6) is 5.75 Å². The van der Waals surface area contributed by atoms with Crippen LogP contribution in [-0.4, -0.2) is 11.6 Å². The highest BCUT2D eigenvalue weighted by Gasteiger charge is 2.02. The van der Waals surface area contributed by atoms with Gasteiger partial charge in [-0.05, 0) is 67.0 Å². The Hall–Kier alpha value is -2.61. The van der Waals surface area contributed by atoms with Crippen LogP contribution in [0.1, 0.15) is 69.1 Å². The van der Waals surface area contributed by atoms with Crippen LogP contribution in [0.25, 0.3) is 11.3 Å². The molecule has 2 nitrogen and oxygen atoms in total.